The monoisotopic (exact) mass is 317 g/mol. The number of aliphatic carboxylic acids is 1. The number of carboxylic acids is 1. The lowest BCUT2D eigenvalue weighted by Gasteiger charge is -2.23. The van der Waals surface area contributed by atoms with Crippen molar-refractivity contribution in [1.29, 1.82) is 0 Å². The van der Waals surface area contributed by atoms with Gasteiger partial charge in [0.25, 0.3) is 0 Å². The number of hydrogen-bond donors (Lipinski definition) is 2. The van der Waals surface area contributed by atoms with E-state index in [9.17, 15) is 9.90 Å². The fraction of sp³-hybridized carbons (Fsp3) is 0.526. The number of nitrogens with zero attached hydrogens (tertiary/aromatic N) is 1. The van der Waals surface area contributed by atoms with Crippen molar-refractivity contribution in [3.63, 3.8) is 0 Å². The van der Waals surface area contributed by atoms with Gasteiger partial charge in [-0.25, -0.2) is 0 Å². The van der Waals surface area contributed by atoms with E-state index in [4.69, 9.17) is 5.11 Å². The van der Waals surface area contributed by atoms with Crippen molar-refractivity contribution in [3.05, 3.63) is 35.5 Å². The van der Waals surface area contributed by atoms with E-state index in [1.54, 1.807) is 0 Å². The van der Waals surface area contributed by atoms with Crippen molar-refractivity contribution in [2.24, 2.45) is 0 Å². The number of carbonyl (C=O) groups is 1. The average molecular weight is 317 g/mol. The van der Waals surface area contributed by atoms with E-state index in [2.05, 4.69) is 56.5 Å². The Balaban J connectivity index is 2.48. The van der Waals surface area contributed by atoms with Crippen LogP contribution in [-0.4, -0.2) is 26.9 Å². The van der Waals surface area contributed by atoms with E-state index in [1.165, 1.54) is 5.56 Å². The van der Waals surface area contributed by atoms with Gasteiger partial charge in [0.15, 0.2) is 0 Å². The normalized spacial score (nSPS) is 13.4. The molecule has 4 heteroatoms. The first-order valence-electron chi connectivity index (χ1n) is 8.25. The molecule has 4 nitrogen and oxygen atoms in total. The van der Waals surface area contributed by atoms with Gasteiger partial charge in [0.1, 0.15) is 0 Å². The summed E-state index contributed by atoms with van der Waals surface area (Å²) in [6, 6.07) is 8.58. The standard InChI is InChI=1S/C19H27NO3/c1-5-6-13-7-8-16-14(9-13)10-17(19(2,3)4)20(16)12-15(21)11-18(22)23/h7-10,15,21H,5-6,11-12H2,1-4H3,(H,22,23). The maximum atomic E-state index is 10.8. The van der Waals surface area contributed by atoms with Crippen molar-refractivity contribution >= 4 is 16.9 Å². The Morgan fingerprint density at radius 2 is 1.96 bits per heavy atom. The molecule has 2 aromatic rings. The molecule has 0 amide bonds. The van der Waals surface area contributed by atoms with Crippen LogP contribution in [0.1, 0.15) is 51.8 Å². The van der Waals surface area contributed by atoms with Gasteiger partial charge in [-0.3, -0.25) is 4.79 Å². The lowest BCUT2D eigenvalue weighted by atomic mass is 9.92. The molecule has 0 radical (unpaired) electrons. The Morgan fingerprint density at radius 3 is 2.52 bits per heavy atom. The van der Waals surface area contributed by atoms with Gasteiger partial charge >= 0.3 is 5.97 Å². The second-order valence-electron chi connectivity index (χ2n) is 7.29. The minimum absolute atomic E-state index is 0.0765. The van der Waals surface area contributed by atoms with Crippen LogP contribution >= 0.6 is 0 Å². The Labute approximate surface area is 137 Å². The minimum atomic E-state index is -0.975. The van der Waals surface area contributed by atoms with Crippen LogP contribution in [0.15, 0.2) is 24.3 Å². The number of aliphatic hydroxyl groups is 1. The fourth-order valence-electron chi connectivity index (χ4n) is 3.06. The average Bonchev–Trinajstić information content (AvgIpc) is 2.76. The van der Waals surface area contributed by atoms with Gasteiger partial charge in [-0.2, -0.15) is 0 Å². The first-order valence-corrected chi connectivity index (χ1v) is 8.25. The van der Waals surface area contributed by atoms with E-state index < -0.39 is 12.1 Å². The Bertz CT molecular complexity index is 694. The summed E-state index contributed by atoms with van der Waals surface area (Å²) in [5, 5.41) is 20.1. The van der Waals surface area contributed by atoms with Crippen molar-refractivity contribution in [1.82, 2.24) is 4.57 Å². The van der Waals surface area contributed by atoms with Gasteiger partial charge in [0, 0.05) is 28.6 Å². The van der Waals surface area contributed by atoms with Crippen molar-refractivity contribution in [3.8, 4) is 0 Å². The highest BCUT2D eigenvalue weighted by molar-refractivity contribution is 5.82. The molecule has 23 heavy (non-hydrogen) atoms. The summed E-state index contributed by atoms with van der Waals surface area (Å²) in [6.07, 6.45) is 1.03. The summed E-state index contributed by atoms with van der Waals surface area (Å²) < 4.78 is 2.07. The molecule has 1 aromatic heterocycles. The maximum absolute atomic E-state index is 10.8. The lowest BCUT2D eigenvalue weighted by Crippen LogP contribution is -2.24. The van der Waals surface area contributed by atoms with E-state index in [1.807, 2.05) is 0 Å². The smallest absolute Gasteiger partial charge is 0.306 e. The minimum Gasteiger partial charge on any atom is -0.481 e. The summed E-state index contributed by atoms with van der Waals surface area (Å²) in [7, 11) is 0. The molecular weight excluding hydrogens is 290 g/mol. The van der Waals surface area contributed by atoms with Crippen LogP contribution in [0.5, 0.6) is 0 Å². The third-order valence-electron chi connectivity index (χ3n) is 4.08. The van der Waals surface area contributed by atoms with Crippen LogP contribution in [0.4, 0.5) is 0 Å². The highest BCUT2D eigenvalue weighted by atomic mass is 16.4. The lowest BCUT2D eigenvalue weighted by molar-refractivity contribution is -0.139. The number of rotatable bonds is 6. The van der Waals surface area contributed by atoms with Crippen LogP contribution < -0.4 is 0 Å². The highest BCUT2D eigenvalue weighted by Gasteiger charge is 2.23. The van der Waals surface area contributed by atoms with Gasteiger partial charge in [-0.05, 0) is 30.2 Å². The number of carboxylic acid groups (broad SMARTS) is 1. The van der Waals surface area contributed by atoms with Crippen LogP contribution in [0.25, 0.3) is 10.9 Å². The third kappa shape index (κ3) is 4.14. The highest BCUT2D eigenvalue weighted by Crippen LogP contribution is 2.30. The van der Waals surface area contributed by atoms with Crippen molar-refractivity contribution in [2.75, 3.05) is 0 Å². The Morgan fingerprint density at radius 1 is 1.26 bits per heavy atom. The van der Waals surface area contributed by atoms with Gasteiger partial charge in [-0.15, -0.1) is 0 Å². The number of aliphatic hydroxyl groups excluding tert-OH is 1. The first-order chi connectivity index (χ1) is 10.7. The van der Waals surface area contributed by atoms with E-state index in [-0.39, 0.29) is 11.8 Å². The molecular formula is C19H27NO3. The summed E-state index contributed by atoms with van der Waals surface area (Å²) >= 11 is 0. The summed E-state index contributed by atoms with van der Waals surface area (Å²) in [5.41, 5.74) is 3.40. The van der Waals surface area contributed by atoms with Crippen LogP contribution in [0.3, 0.4) is 0 Å². The zero-order chi connectivity index (χ0) is 17.2. The summed E-state index contributed by atoms with van der Waals surface area (Å²) in [4.78, 5) is 10.8. The topological polar surface area (TPSA) is 62.5 Å². The van der Waals surface area contributed by atoms with Gasteiger partial charge in [0.2, 0.25) is 0 Å². The SMILES string of the molecule is CCCc1ccc2c(c1)cc(C(C)(C)C)n2CC(O)CC(=O)O. The number of fused-ring (bicyclic) bond motifs is 1. The quantitative estimate of drug-likeness (QED) is 0.853. The fourth-order valence-corrected chi connectivity index (χ4v) is 3.06. The van der Waals surface area contributed by atoms with E-state index in [0.29, 0.717) is 6.54 Å². The predicted molar refractivity (Wildman–Crippen MR) is 92.9 cm³/mol. The third-order valence-corrected chi connectivity index (χ3v) is 4.08. The van der Waals surface area contributed by atoms with E-state index in [0.717, 1.165) is 29.4 Å². The largest absolute Gasteiger partial charge is 0.481 e. The Kier molecular flexibility index (Phi) is 5.15. The molecule has 0 aliphatic heterocycles. The molecule has 0 aliphatic carbocycles. The van der Waals surface area contributed by atoms with Gasteiger partial charge in [-0.1, -0.05) is 40.2 Å². The molecule has 1 aromatic carbocycles. The second-order valence-corrected chi connectivity index (χ2v) is 7.29. The Hall–Kier alpha value is -1.81. The van der Waals surface area contributed by atoms with Crippen LogP contribution in [0, 0.1) is 0 Å². The van der Waals surface area contributed by atoms with Crippen molar-refractivity contribution < 1.29 is 15.0 Å². The molecule has 2 N–H and O–H groups in total. The number of benzene rings is 1. The molecule has 1 unspecified atom stereocenters. The molecule has 2 rings (SSSR count). The molecule has 0 spiro atoms. The number of hydrogen-bond acceptors (Lipinski definition) is 2. The molecule has 0 saturated carbocycles. The van der Waals surface area contributed by atoms with Crippen molar-refractivity contribution in [2.45, 2.75) is 65.0 Å². The second kappa shape index (κ2) is 6.75. The predicted octanol–water partition coefficient (Wildman–Crippen LogP) is 3.73. The van der Waals surface area contributed by atoms with Crippen LogP contribution in [0.2, 0.25) is 0 Å². The molecule has 0 aliphatic rings. The first kappa shape index (κ1) is 17.5. The van der Waals surface area contributed by atoms with Gasteiger partial charge in [0.05, 0.1) is 12.5 Å². The van der Waals surface area contributed by atoms with Gasteiger partial charge < -0.3 is 14.8 Å². The number of aromatic nitrogens is 1. The summed E-state index contributed by atoms with van der Waals surface area (Å²) in [5.74, 6) is -0.975. The number of aryl methyl sites for hydroxylation is 1. The molecule has 1 heterocycles. The molecule has 0 fully saturated rings. The molecule has 1 atom stereocenters. The molecule has 126 valence electrons. The summed E-state index contributed by atoms with van der Waals surface area (Å²) in [6.45, 7) is 8.87. The molecule has 0 bridgehead atoms. The van der Waals surface area contributed by atoms with Crippen LogP contribution in [-0.2, 0) is 23.2 Å². The zero-order valence-corrected chi connectivity index (χ0v) is 14.5. The van der Waals surface area contributed by atoms with E-state index >= 15 is 0 Å². The zero-order valence-electron chi connectivity index (χ0n) is 14.5. The maximum Gasteiger partial charge on any atom is 0.306 e. The molecule has 0 saturated heterocycles.